The molecule has 1 radical (unpaired) electrons. The van der Waals surface area contributed by atoms with Crippen LogP contribution in [0, 0.1) is 0 Å². The lowest BCUT2D eigenvalue weighted by molar-refractivity contribution is -0.0495. The van der Waals surface area contributed by atoms with Crippen LogP contribution in [0.15, 0.2) is 5.10 Å². The van der Waals surface area contributed by atoms with Gasteiger partial charge in [-0.2, -0.15) is 26.0 Å². The number of hydrazine groups is 2. The molecule has 0 saturated heterocycles. The van der Waals surface area contributed by atoms with Gasteiger partial charge in [0, 0.05) is 0 Å². The molecule has 1 heterocycles. The minimum Gasteiger partial charge on any atom is -0.249 e. The van der Waals surface area contributed by atoms with Crippen molar-refractivity contribution in [2.75, 3.05) is 13.2 Å². The quantitative estimate of drug-likeness (QED) is 0.695. The number of sulfonamides is 1. The van der Waals surface area contributed by atoms with E-state index in [0.29, 0.717) is 5.12 Å². The molecule has 0 aromatic rings. The van der Waals surface area contributed by atoms with Crippen LogP contribution in [0.3, 0.4) is 0 Å². The Balaban J connectivity index is 2.75. The third-order valence-electron chi connectivity index (χ3n) is 1.29. The largest absolute Gasteiger partial charge is 0.518 e. The molecule has 0 aromatic heterocycles. The van der Waals surface area contributed by atoms with E-state index in [4.69, 9.17) is 0 Å². The summed E-state index contributed by atoms with van der Waals surface area (Å²) in [5.41, 5.74) is -3.78. The van der Waals surface area contributed by atoms with Crippen LogP contribution < -0.4 is 5.53 Å². The SMILES string of the molecule is O=S(=O)(N1[C]=NN(CCF)N1)C(F)(F)F. The van der Waals surface area contributed by atoms with E-state index >= 15 is 0 Å². The third kappa shape index (κ3) is 2.28. The number of halogens is 4. The lowest BCUT2D eigenvalue weighted by Gasteiger charge is -2.19. The number of hydrogen-bond donors (Lipinski definition) is 1. The molecule has 1 rings (SSSR count). The fourth-order valence-electron chi connectivity index (χ4n) is 0.635. The van der Waals surface area contributed by atoms with E-state index < -0.39 is 28.8 Å². The molecule has 1 aliphatic rings. The first-order valence-corrected chi connectivity index (χ1v) is 4.90. The zero-order chi connectivity index (χ0) is 11.7. The zero-order valence-electron chi connectivity index (χ0n) is 6.99. The van der Waals surface area contributed by atoms with Crippen LogP contribution in [-0.2, 0) is 10.0 Å². The molecule has 1 aliphatic heterocycles. The maximum atomic E-state index is 12.0. The molecule has 0 unspecified atom stereocenters. The molecule has 0 amide bonds. The number of rotatable bonds is 3. The van der Waals surface area contributed by atoms with Gasteiger partial charge in [-0.1, -0.05) is 0 Å². The predicted molar refractivity (Wildman–Crippen MR) is 40.1 cm³/mol. The van der Waals surface area contributed by atoms with E-state index in [1.807, 2.05) is 0 Å². The standard InChI is InChI=1S/C4H5F4N4O2S/c5-1-2-11-9-3-12(10-11)15(13,14)4(6,7)8/h10H,1-2H2. The number of alkyl halides is 4. The lowest BCUT2D eigenvalue weighted by Crippen LogP contribution is -2.49. The smallest absolute Gasteiger partial charge is 0.249 e. The van der Waals surface area contributed by atoms with E-state index in [-0.39, 0.29) is 4.41 Å². The van der Waals surface area contributed by atoms with Crippen molar-refractivity contribution in [2.45, 2.75) is 5.51 Å². The van der Waals surface area contributed by atoms with Crippen LogP contribution in [0.5, 0.6) is 0 Å². The molecule has 0 saturated carbocycles. The predicted octanol–water partition coefficient (Wildman–Crippen LogP) is -0.337. The Kier molecular flexibility index (Phi) is 3.04. The van der Waals surface area contributed by atoms with Crippen molar-refractivity contribution in [3.8, 4) is 0 Å². The van der Waals surface area contributed by atoms with E-state index in [2.05, 4.69) is 5.10 Å². The number of nitrogens with zero attached hydrogens (tertiary/aromatic N) is 3. The molecule has 1 N–H and O–H groups in total. The minimum atomic E-state index is -5.57. The molecule has 15 heavy (non-hydrogen) atoms. The molecule has 11 heteroatoms. The van der Waals surface area contributed by atoms with Crippen molar-refractivity contribution in [2.24, 2.45) is 5.10 Å². The van der Waals surface area contributed by atoms with Crippen molar-refractivity contribution in [3.63, 3.8) is 0 Å². The summed E-state index contributed by atoms with van der Waals surface area (Å²) in [4.78, 5) is 0. The fraction of sp³-hybridized carbons (Fsp3) is 0.750. The molecule has 0 spiro atoms. The van der Waals surface area contributed by atoms with Gasteiger partial charge in [-0.15, -0.1) is 10.6 Å². The second-order valence-electron chi connectivity index (χ2n) is 2.33. The van der Waals surface area contributed by atoms with Gasteiger partial charge in [0.1, 0.15) is 6.67 Å². The van der Waals surface area contributed by atoms with Crippen LogP contribution in [0.2, 0.25) is 0 Å². The van der Waals surface area contributed by atoms with Crippen LogP contribution in [0.4, 0.5) is 17.6 Å². The second kappa shape index (κ2) is 3.81. The summed E-state index contributed by atoms with van der Waals surface area (Å²) in [6.45, 7) is -1.30. The number of nitrogens with one attached hydrogen (secondary N) is 1. The van der Waals surface area contributed by atoms with Crippen LogP contribution >= 0.6 is 0 Å². The third-order valence-corrected chi connectivity index (χ3v) is 2.52. The van der Waals surface area contributed by atoms with Crippen molar-refractivity contribution >= 4 is 16.4 Å². The summed E-state index contributed by atoms with van der Waals surface area (Å²) in [5, 5.41) is 3.64. The first-order valence-electron chi connectivity index (χ1n) is 3.46. The average Bonchev–Trinajstić information content (AvgIpc) is 2.51. The molecule has 0 atom stereocenters. The van der Waals surface area contributed by atoms with Crippen LogP contribution in [-0.4, -0.2) is 43.0 Å². The van der Waals surface area contributed by atoms with E-state index in [0.717, 1.165) is 0 Å². The topological polar surface area (TPSA) is 65.0 Å². The van der Waals surface area contributed by atoms with Gasteiger partial charge in [-0.05, 0) is 0 Å². The van der Waals surface area contributed by atoms with Crippen molar-refractivity contribution < 1.29 is 26.0 Å². The number of hydrazone groups is 1. The minimum absolute atomic E-state index is 0.358. The highest BCUT2D eigenvalue weighted by atomic mass is 32.2. The van der Waals surface area contributed by atoms with Gasteiger partial charge in [0.25, 0.3) is 0 Å². The Hall–Kier alpha value is -1.10. The highest BCUT2D eigenvalue weighted by molar-refractivity contribution is 7.90. The Morgan fingerprint density at radius 2 is 2.00 bits per heavy atom. The molecular formula is C4H5F4N4O2S. The zero-order valence-corrected chi connectivity index (χ0v) is 7.81. The van der Waals surface area contributed by atoms with Gasteiger partial charge in [-0.3, -0.25) is 0 Å². The molecule has 0 fully saturated rings. The Morgan fingerprint density at radius 3 is 2.47 bits per heavy atom. The van der Waals surface area contributed by atoms with E-state index in [1.54, 1.807) is 5.53 Å². The second-order valence-corrected chi connectivity index (χ2v) is 4.11. The normalized spacial score (nSPS) is 17.6. The molecule has 0 aliphatic carbocycles. The Morgan fingerprint density at radius 1 is 1.40 bits per heavy atom. The van der Waals surface area contributed by atoms with Crippen LogP contribution in [0.25, 0.3) is 0 Å². The highest BCUT2D eigenvalue weighted by Crippen LogP contribution is 2.25. The van der Waals surface area contributed by atoms with Gasteiger partial charge in [0.2, 0.25) is 6.34 Å². The molecule has 6 nitrogen and oxygen atoms in total. The number of hydrogen-bond acceptors (Lipinski definition) is 5. The van der Waals surface area contributed by atoms with Gasteiger partial charge in [-0.25, -0.2) is 9.51 Å². The average molecular weight is 249 g/mol. The Bertz CT molecular complexity index is 352. The van der Waals surface area contributed by atoms with Gasteiger partial charge in [0.05, 0.1) is 6.54 Å². The summed E-state index contributed by atoms with van der Waals surface area (Å²) in [6, 6.07) is 0. The van der Waals surface area contributed by atoms with Crippen LogP contribution in [0.1, 0.15) is 0 Å². The molecule has 87 valence electrons. The van der Waals surface area contributed by atoms with Crippen molar-refractivity contribution in [1.82, 2.24) is 15.1 Å². The Labute approximate surface area is 82.1 Å². The summed E-state index contributed by atoms with van der Waals surface area (Å²) >= 11 is 0. The lowest BCUT2D eigenvalue weighted by atomic mass is 10.7. The first kappa shape index (κ1) is 12.0. The first-order chi connectivity index (χ1) is 6.79. The van der Waals surface area contributed by atoms with Gasteiger partial charge < -0.3 is 0 Å². The van der Waals surface area contributed by atoms with Crippen molar-refractivity contribution in [1.29, 1.82) is 0 Å². The maximum absolute atomic E-state index is 12.0. The summed E-state index contributed by atoms with van der Waals surface area (Å²) in [6.07, 6.45) is 1.54. The molecule has 0 aromatic carbocycles. The van der Waals surface area contributed by atoms with E-state index in [9.17, 15) is 26.0 Å². The molecule has 0 bridgehead atoms. The molecular weight excluding hydrogens is 244 g/mol. The van der Waals surface area contributed by atoms with Crippen molar-refractivity contribution in [3.05, 3.63) is 0 Å². The summed E-state index contributed by atoms with van der Waals surface area (Å²) in [7, 11) is -5.57. The monoisotopic (exact) mass is 249 g/mol. The summed E-state index contributed by atoms with van der Waals surface area (Å²) < 4.78 is 68.6. The highest BCUT2D eigenvalue weighted by Gasteiger charge is 2.51. The van der Waals surface area contributed by atoms with Gasteiger partial charge in [0.15, 0.2) is 0 Å². The van der Waals surface area contributed by atoms with Gasteiger partial charge >= 0.3 is 15.5 Å². The van der Waals surface area contributed by atoms with E-state index in [1.165, 1.54) is 6.34 Å². The maximum Gasteiger partial charge on any atom is 0.518 e. The fourth-order valence-corrected chi connectivity index (χ4v) is 1.19. The summed E-state index contributed by atoms with van der Waals surface area (Å²) in [5.74, 6) is 0.